The molecule has 0 radical (unpaired) electrons. The van der Waals surface area contributed by atoms with Gasteiger partial charge in [-0.15, -0.1) is 11.3 Å². The molecule has 31 heavy (non-hydrogen) atoms. The van der Waals surface area contributed by atoms with Crippen molar-refractivity contribution in [3.05, 3.63) is 76.5 Å². The minimum atomic E-state index is -0.779. The van der Waals surface area contributed by atoms with Crippen LogP contribution >= 0.6 is 11.3 Å². The zero-order chi connectivity index (χ0) is 21.8. The van der Waals surface area contributed by atoms with Crippen LogP contribution in [-0.4, -0.2) is 29.9 Å². The summed E-state index contributed by atoms with van der Waals surface area (Å²) in [5, 5.41) is 10.2. The Balaban J connectivity index is 1.52. The zero-order valence-corrected chi connectivity index (χ0v) is 17.6. The summed E-state index contributed by atoms with van der Waals surface area (Å²) in [7, 11) is 0. The Morgan fingerprint density at radius 2 is 1.94 bits per heavy atom. The molecule has 1 aromatic heterocycles. The quantitative estimate of drug-likeness (QED) is 0.553. The van der Waals surface area contributed by atoms with Crippen molar-refractivity contribution in [3.63, 3.8) is 0 Å². The molecule has 2 aromatic carbocycles. The molecule has 4 rings (SSSR count). The average molecular weight is 436 g/mol. The average Bonchev–Trinajstić information content (AvgIpc) is 3.30. The van der Waals surface area contributed by atoms with Crippen LogP contribution in [0.2, 0.25) is 0 Å². The number of ether oxygens (including phenoxy) is 1. The lowest BCUT2D eigenvalue weighted by atomic mass is 10.0. The van der Waals surface area contributed by atoms with Crippen molar-refractivity contribution in [2.75, 3.05) is 10.6 Å². The molecule has 3 amide bonds. The highest BCUT2D eigenvalue weighted by Gasteiger charge is 2.25. The minimum Gasteiger partial charge on any atom is -0.479 e. The number of thiophene rings is 1. The molecule has 0 saturated heterocycles. The number of carbonyl (C=O) groups is 3. The second-order valence-electron chi connectivity index (χ2n) is 7.14. The minimum absolute atomic E-state index is 0.249. The molecule has 0 saturated carbocycles. The van der Waals surface area contributed by atoms with Crippen LogP contribution in [-0.2, 0) is 16.0 Å². The maximum Gasteiger partial charge on any atom is 0.265 e. The first-order chi connectivity index (χ1) is 15.0. The highest BCUT2D eigenvalue weighted by molar-refractivity contribution is 7.12. The van der Waals surface area contributed by atoms with E-state index < -0.39 is 12.1 Å². The number of hydrogen-bond acceptors (Lipinski definition) is 5. The number of hydrogen-bond donors (Lipinski definition) is 3. The fraction of sp³-hybridized carbons (Fsp3) is 0.174. The van der Waals surface area contributed by atoms with Gasteiger partial charge in [0.2, 0.25) is 5.91 Å². The van der Waals surface area contributed by atoms with Crippen LogP contribution in [0.5, 0.6) is 5.75 Å². The van der Waals surface area contributed by atoms with Gasteiger partial charge in [-0.1, -0.05) is 36.4 Å². The van der Waals surface area contributed by atoms with E-state index >= 15 is 0 Å². The lowest BCUT2D eigenvalue weighted by Crippen LogP contribution is -2.45. The van der Waals surface area contributed by atoms with Gasteiger partial charge in [0.05, 0.1) is 10.6 Å². The fourth-order valence-corrected chi connectivity index (χ4v) is 3.84. The molecule has 0 unspecified atom stereocenters. The van der Waals surface area contributed by atoms with Crippen LogP contribution in [0, 0.1) is 0 Å². The Kier molecular flexibility index (Phi) is 5.99. The van der Waals surface area contributed by atoms with Gasteiger partial charge in [0.1, 0.15) is 11.8 Å². The van der Waals surface area contributed by atoms with Crippen molar-refractivity contribution in [2.45, 2.75) is 25.5 Å². The molecule has 8 heteroatoms. The van der Waals surface area contributed by atoms with Crippen LogP contribution < -0.4 is 20.7 Å². The summed E-state index contributed by atoms with van der Waals surface area (Å²) in [6, 6.07) is 17.2. The largest absolute Gasteiger partial charge is 0.479 e. The number of benzene rings is 2. The van der Waals surface area contributed by atoms with Gasteiger partial charge in [-0.2, -0.15) is 0 Å². The molecule has 158 valence electrons. The molecule has 0 spiro atoms. The van der Waals surface area contributed by atoms with Crippen LogP contribution in [0.4, 0.5) is 11.4 Å². The van der Waals surface area contributed by atoms with Gasteiger partial charge in [0.25, 0.3) is 11.8 Å². The SMILES string of the molecule is C[C@H]1Oc2ccc(NC(=O)[C@H](Cc3ccccc3)NC(=O)c3cccs3)cc2NC1=O. The maximum atomic E-state index is 13.1. The van der Waals surface area contributed by atoms with Gasteiger partial charge in [-0.25, -0.2) is 0 Å². The van der Waals surface area contributed by atoms with E-state index in [1.54, 1.807) is 37.3 Å². The van der Waals surface area contributed by atoms with Crippen molar-refractivity contribution in [1.82, 2.24) is 5.32 Å². The molecule has 3 aromatic rings. The van der Waals surface area contributed by atoms with Gasteiger partial charge in [-0.05, 0) is 42.1 Å². The molecule has 1 aliphatic rings. The molecule has 0 bridgehead atoms. The van der Waals surface area contributed by atoms with Crippen LogP contribution in [0.3, 0.4) is 0 Å². The van der Waals surface area contributed by atoms with Crippen molar-refractivity contribution >= 4 is 40.4 Å². The van der Waals surface area contributed by atoms with E-state index in [2.05, 4.69) is 16.0 Å². The Morgan fingerprint density at radius 1 is 1.13 bits per heavy atom. The van der Waals surface area contributed by atoms with Crippen molar-refractivity contribution in [3.8, 4) is 5.75 Å². The van der Waals surface area contributed by atoms with E-state index in [0.717, 1.165) is 5.56 Å². The third-order valence-corrected chi connectivity index (χ3v) is 5.70. The molecule has 7 nitrogen and oxygen atoms in total. The van der Waals surface area contributed by atoms with E-state index in [1.807, 2.05) is 35.7 Å². The van der Waals surface area contributed by atoms with Gasteiger partial charge in [-0.3, -0.25) is 14.4 Å². The third-order valence-electron chi connectivity index (χ3n) is 4.83. The second-order valence-corrected chi connectivity index (χ2v) is 8.09. The number of rotatable bonds is 6. The molecular weight excluding hydrogens is 414 g/mol. The summed E-state index contributed by atoms with van der Waals surface area (Å²) in [5.41, 5.74) is 1.91. The van der Waals surface area contributed by atoms with Gasteiger partial charge in [0.15, 0.2) is 6.10 Å². The maximum absolute atomic E-state index is 13.1. The first kappa shape index (κ1) is 20.6. The first-order valence-electron chi connectivity index (χ1n) is 9.80. The standard InChI is InChI=1S/C23H21N3O4S/c1-14-21(27)25-17-13-16(9-10-19(17)30-14)24-22(28)18(12-15-6-3-2-4-7-15)26-23(29)20-8-5-11-31-20/h2-11,13-14,18H,12H2,1H3,(H,24,28)(H,25,27)(H,26,29)/t14-,18+/m1/s1. The highest BCUT2D eigenvalue weighted by Crippen LogP contribution is 2.32. The molecular formula is C23H21N3O4S. The summed E-state index contributed by atoms with van der Waals surface area (Å²) in [6.45, 7) is 1.67. The molecule has 0 fully saturated rings. The summed E-state index contributed by atoms with van der Waals surface area (Å²) in [4.78, 5) is 38.0. The fourth-order valence-electron chi connectivity index (χ4n) is 3.21. The molecule has 2 heterocycles. The van der Waals surface area contributed by atoms with Crippen LogP contribution in [0.25, 0.3) is 0 Å². The molecule has 0 aliphatic carbocycles. The van der Waals surface area contributed by atoms with Crippen LogP contribution in [0.1, 0.15) is 22.2 Å². The van der Waals surface area contributed by atoms with Gasteiger partial charge in [0, 0.05) is 12.1 Å². The molecule has 2 atom stereocenters. The number of anilines is 2. The summed E-state index contributed by atoms with van der Waals surface area (Å²) < 4.78 is 5.54. The summed E-state index contributed by atoms with van der Waals surface area (Å²) >= 11 is 1.31. The zero-order valence-electron chi connectivity index (χ0n) is 16.8. The molecule has 3 N–H and O–H groups in total. The lowest BCUT2D eigenvalue weighted by molar-refractivity contribution is -0.122. The van der Waals surface area contributed by atoms with Crippen molar-refractivity contribution in [2.24, 2.45) is 0 Å². The Morgan fingerprint density at radius 3 is 2.68 bits per heavy atom. The Labute approximate surface area is 183 Å². The van der Waals surface area contributed by atoms with E-state index in [1.165, 1.54) is 11.3 Å². The van der Waals surface area contributed by atoms with E-state index in [0.29, 0.717) is 28.4 Å². The monoisotopic (exact) mass is 435 g/mol. The Bertz CT molecular complexity index is 1100. The number of carbonyl (C=O) groups excluding carboxylic acids is 3. The topological polar surface area (TPSA) is 96.5 Å². The third kappa shape index (κ3) is 4.92. The highest BCUT2D eigenvalue weighted by atomic mass is 32.1. The van der Waals surface area contributed by atoms with Crippen molar-refractivity contribution < 1.29 is 19.1 Å². The van der Waals surface area contributed by atoms with E-state index in [-0.39, 0.29) is 17.7 Å². The number of amides is 3. The number of nitrogens with one attached hydrogen (secondary N) is 3. The van der Waals surface area contributed by atoms with Crippen molar-refractivity contribution in [1.29, 1.82) is 0 Å². The first-order valence-corrected chi connectivity index (χ1v) is 10.7. The predicted molar refractivity (Wildman–Crippen MR) is 120 cm³/mol. The second kappa shape index (κ2) is 9.01. The van der Waals surface area contributed by atoms with Crippen LogP contribution in [0.15, 0.2) is 66.0 Å². The summed E-state index contributed by atoms with van der Waals surface area (Å²) in [5.74, 6) is -0.366. The molecule has 1 aliphatic heterocycles. The number of fused-ring (bicyclic) bond motifs is 1. The van der Waals surface area contributed by atoms with Gasteiger partial charge >= 0.3 is 0 Å². The van der Waals surface area contributed by atoms with E-state index in [4.69, 9.17) is 4.74 Å². The van der Waals surface area contributed by atoms with E-state index in [9.17, 15) is 14.4 Å². The summed E-state index contributed by atoms with van der Waals surface area (Å²) in [6.07, 6.45) is -0.234. The predicted octanol–water partition coefficient (Wildman–Crippen LogP) is 3.45. The normalized spacial score (nSPS) is 15.8. The lowest BCUT2D eigenvalue weighted by Gasteiger charge is -2.24. The smallest absolute Gasteiger partial charge is 0.265 e. The Hall–Kier alpha value is -3.65. The van der Waals surface area contributed by atoms with Gasteiger partial charge < -0.3 is 20.7 Å².